The van der Waals surface area contributed by atoms with Gasteiger partial charge in [-0.25, -0.2) is 0 Å². The van der Waals surface area contributed by atoms with Crippen LogP contribution in [0.1, 0.15) is 25.7 Å². The van der Waals surface area contributed by atoms with E-state index >= 15 is 0 Å². The van der Waals surface area contributed by atoms with E-state index in [-0.39, 0.29) is 0 Å². The van der Waals surface area contributed by atoms with Crippen molar-refractivity contribution in [3.8, 4) is 0 Å². The van der Waals surface area contributed by atoms with Gasteiger partial charge in [-0.3, -0.25) is 0 Å². The van der Waals surface area contributed by atoms with Gasteiger partial charge >= 0.3 is 0 Å². The zero-order chi connectivity index (χ0) is 8.39. The molecule has 1 heterocycles. The molecule has 1 nitrogen and oxygen atoms in total. The fourth-order valence-electron chi connectivity index (χ4n) is 2.57. The number of rotatable bonds is 3. The summed E-state index contributed by atoms with van der Waals surface area (Å²) in [5, 5.41) is 9.31. The molecule has 70 valence electrons. The van der Waals surface area contributed by atoms with Crippen LogP contribution in [0.15, 0.2) is 0 Å². The molecule has 0 radical (unpaired) electrons. The van der Waals surface area contributed by atoms with Crippen LogP contribution in [0, 0.1) is 17.8 Å². The number of hydrogen-bond donors (Lipinski definition) is 1. The van der Waals surface area contributed by atoms with Gasteiger partial charge in [0.2, 0.25) is 0 Å². The van der Waals surface area contributed by atoms with E-state index in [1.807, 2.05) is 11.8 Å². The fraction of sp³-hybridized carbons (Fsp3) is 1.00. The first-order valence-electron chi connectivity index (χ1n) is 5.10. The number of hydrogen-bond acceptors (Lipinski definition) is 2. The zero-order valence-corrected chi connectivity index (χ0v) is 8.35. The Balaban J connectivity index is 1.87. The van der Waals surface area contributed by atoms with Gasteiger partial charge in [0.05, 0.1) is 0 Å². The summed E-state index contributed by atoms with van der Waals surface area (Å²) in [5.41, 5.74) is 0. The molecule has 2 fully saturated rings. The zero-order valence-electron chi connectivity index (χ0n) is 7.54. The Morgan fingerprint density at radius 1 is 1.17 bits per heavy atom. The molecule has 1 aliphatic heterocycles. The highest BCUT2D eigenvalue weighted by molar-refractivity contribution is 8.00. The lowest BCUT2D eigenvalue weighted by Gasteiger charge is -2.35. The standard InChI is InChI=1S/C10H18OS/c11-5-10(9-6-12-7-9)8-3-1-2-4-8/h8-11H,1-7H2. The lowest BCUT2D eigenvalue weighted by atomic mass is 9.82. The van der Waals surface area contributed by atoms with Crippen molar-refractivity contribution in [2.75, 3.05) is 18.1 Å². The van der Waals surface area contributed by atoms with Crippen molar-refractivity contribution < 1.29 is 5.11 Å². The van der Waals surface area contributed by atoms with E-state index in [0.717, 1.165) is 11.8 Å². The third-order valence-corrected chi connectivity index (χ3v) is 4.81. The van der Waals surface area contributed by atoms with Crippen molar-refractivity contribution >= 4 is 11.8 Å². The van der Waals surface area contributed by atoms with Gasteiger partial charge in [-0.2, -0.15) is 11.8 Å². The SMILES string of the molecule is OCC(C1CCCC1)C1CSC1. The van der Waals surface area contributed by atoms with Gasteiger partial charge in [0.1, 0.15) is 0 Å². The van der Waals surface area contributed by atoms with Crippen LogP contribution in [0.4, 0.5) is 0 Å². The van der Waals surface area contributed by atoms with Crippen molar-refractivity contribution in [1.29, 1.82) is 0 Å². The summed E-state index contributed by atoms with van der Waals surface area (Å²) in [7, 11) is 0. The van der Waals surface area contributed by atoms with Gasteiger partial charge in [-0.05, 0) is 29.3 Å². The Morgan fingerprint density at radius 2 is 1.83 bits per heavy atom. The van der Waals surface area contributed by atoms with E-state index in [2.05, 4.69) is 0 Å². The Bertz CT molecular complexity index is 139. The van der Waals surface area contributed by atoms with Crippen LogP contribution in [0.25, 0.3) is 0 Å². The molecule has 0 amide bonds. The largest absolute Gasteiger partial charge is 0.396 e. The number of thioether (sulfide) groups is 1. The third-order valence-electron chi connectivity index (χ3n) is 3.49. The van der Waals surface area contributed by atoms with Gasteiger partial charge in [0.15, 0.2) is 0 Å². The second-order valence-corrected chi connectivity index (χ2v) is 5.26. The molecule has 1 saturated carbocycles. The highest BCUT2D eigenvalue weighted by atomic mass is 32.2. The van der Waals surface area contributed by atoms with Crippen molar-refractivity contribution in [3.05, 3.63) is 0 Å². The Hall–Kier alpha value is 0.310. The quantitative estimate of drug-likeness (QED) is 0.729. The third kappa shape index (κ3) is 1.64. The first-order valence-corrected chi connectivity index (χ1v) is 6.26. The maximum Gasteiger partial charge on any atom is 0.0465 e. The molecule has 0 aromatic carbocycles. The average molecular weight is 186 g/mol. The molecule has 2 heteroatoms. The molecular weight excluding hydrogens is 168 g/mol. The molecule has 0 aromatic heterocycles. The first kappa shape index (κ1) is 8.89. The maximum atomic E-state index is 9.31. The van der Waals surface area contributed by atoms with Gasteiger partial charge in [-0.15, -0.1) is 0 Å². The van der Waals surface area contributed by atoms with Crippen LogP contribution in [-0.4, -0.2) is 23.2 Å². The van der Waals surface area contributed by atoms with Crippen molar-refractivity contribution in [1.82, 2.24) is 0 Å². The van der Waals surface area contributed by atoms with Gasteiger partial charge < -0.3 is 5.11 Å². The molecule has 1 aliphatic carbocycles. The molecule has 0 aromatic rings. The van der Waals surface area contributed by atoms with Crippen LogP contribution in [0.5, 0.6) is 0 Å². The van der Waals surface area contributed by atoms with Crippen LogP contribution in [-0.2, 0) is 0 Å². The predicted octanol–water partition coefficient (Wildman–Crippen LogP) is 2.15. The van der Waals surface area contributed by atoms with Gasteiger partial charge in [-0.1, -0.05) is 25.7 Å². The Labute approximate surface area is 78.9 Å². The second-order valence-electron chi connectivity index (χ2n) is 4.19. The predicted molar refractivity (Wildman–Crippen MR) is 53.3 cm³/mol. The lowest BCUT2D eigenvalue weighted by molar-refractivity contribution is 0.136. The van der Waals surface area contributed by atoms with Gasteiger partial charge in [0.25, 0.3) is 0 Å². The second kappa shape index (κ2) is 4.01. The van der Waals surface area contributed by atoms with E-state index in [0.29, 0.717) is 12.5 Å². The monoisotopic (exact) mass is 186 g/mol. The highest BCUT2D eigenvalue weighted by Gasteiger charge is 2.34. The minimum atomic E-state index is 0.440. The van der Waals surface area contributed by atoms with Crippen LogP contribution in [0.2, 0.25) is 0 Å². The molecule has 0 spiro atoms. The summed E-state index contributed by atoms with van der Waals surface area (Å²) >= 11 is 2.04. The summed E-state index contributed by atoms with van der Waals surface area (Å²) in [6.07, 6.45) is 5.57. The highest BCUT2D eigenvalue weighted by Crippen LogP contribution is 2.41. The fourth-order valence-corrected chi connectivity index (χ4v) is 3.57. The van der Waals surface area contributed by atoms with E-state index in [1.165, 1.54) is 37.2 Å². The summed E-state index contributed by atoms with van der Waals surface area (Å²) in [5.74, 6) is 4.97. The summed E-state index contributed by atoms with van der Waals surface area (Å²) in [4.78, 5) is 0. The maximum absolute atomic E-state index is 9.31. The summed E-state index contributed by atoms with van der Waals surface area (Å²) < 4.78 is 0. The number of aliphatic hydroxyl groups excluding tert-OH is 1. The summed E-state index contributed by atoms with van der Waals surface area (Å²) in [6, 6.07) is 0. The van der Waals surface area contributed by atoms with E-state index in [9.17, 15) is 5.11 Å². The molecule has 2 rings (SSSR count). The molecule has 12 heavy (non-hydrogen) atoms. The molecule has 1 N–H and O–H groups in total. The van der Waals surface area contributed by atoms with E-state index in [1.54, 1.807) is 0 Å². The minimum Gasteiger partial charge on any atom is -0.396 e. The molecule has 1 saturated heterocycles. The molecule has 0 bridgehead atoms. The van der Waals surface area contributed by atoms with Crippen LogP contribution in [0.3, 0.4) is 0 Å². The normalized spacial score (nSPS) is 28.8. The van der Waals surface area contributed by atoms with Crippen molar-refractivity contribution in [3.63, 3.8) is 0 Å². The first-order chi connectivity index (χ1) is 5.92. The Kier molecular flexibility index (Phi) is 2.97. The van der Waals surface area contributed by atoms with Crippen LogP contribution >= 0.6 is 11.8 Å². The van der Waals surface area contributed by atoms with E-state index in [4.69, 9.17) is 0 Å². The lowest BCUT2D eigenvalue weighted by Crippen LogP contribution is -2.34. The topological polar surface area (TPSA) is 20.2 Å². The molecule has 1 atom stereocenters. The molecule has 2 aliphatic rings. The summed E-state index contributed by atoms with van der Waals surface area (Å²) in [6.45, 7) is 0.440. The smallest absolute Gasteiger partial charge is 0.0465 e. The molecule has 1 unspecified atom stereocenters. The molecular formula is C10H18OS. The van der Waals surface area contributed by atoms with Crippen LogP contribution < -0.4 is 0 Å². The van der Waals surface area contributed by atoms with Crippen molar-refractivity contribution in [2.24, 2.45) is 17.8 Å². The van der Waals surface area contributed by atoms with Gasteiger partial charge in [0, 0.05) is 6.61 Å². The average Bonchev–Trinajstić information content (AvgIpc) is 2.47. The minimum absolute atomic E-state index is 0.440. The Morgan fingerprint density at radius 3 is 2.25 bits per heavy atom. The number of aliphatic hydroxyl groups is 1. The van der Waals surface area contributed by atoms with Crippen molar-refractivity contribution in [2.45, 2.75) is 25.7 Å². The van der Waals surface area contributed by atoms with E-state index < -0.39 is 0 Å².